The minimum atomic E-state index is -4.97. The zero-order valence-corrected chi connectivity index (χ0v) is 9.25. The highest BCUT2D eigenvalue weighted by molar-refractivity contribution is 6.17. The summed E-state index contributed by atoms with van der Waals surface area (Å²) >= 11 is 0. The second kappa shape index (κ2) is 4.60. The van der Waals surface area contributed by atoms with E-state index < -0.39 is 58.1 Å². The normalized spacial score (nSPS) is 16.4. The fourth-order valence-electron chi connectivity index (χ4n) is 1.67. The summed E-state index contributed by atoms with van der Waals surface area (Å²) in [6.45, 7) is 0. The monoisotopic (exact) mass is 320 g/mol. The third-order valence-corrected chi connectivity index (χ3v) is 2.50. The molecule has 1 heterocycles. The lowest BCUT2D eigenvalue weighted by atomic mass is 9.95. The van der Waals surface area contributed by atoms with E-state index in [0.29, 0.717) is 0 Å². The summed E-state index contributed by atoms with van der Waals surface area (Å²) in [5.74, 6) is -12.8. The molecule has 0 unspecified atom stereocenters. The molecule has 0 fully saturated rings. The number of halogens is 8. The summed E-state index contributed by atoms with van der Waals surface area (Å²) in [6, 6.07) is -2.56. The molecule has 21 heavy (non-hydrogen) atoms. The smallest absolute Gasteiger partial charge is 0.402 e. The van der Waals surface area contributed by atoms with Crippen LogP contribution in [0.2, 0.25) is 0 Å². The highest BCUT2D eigenvalue weighted by atomic mass is 19.3. The van der Waals surface area contributed by atoms with Gasteiger partial charge >= 0.3 is 12.1 Å². The predicted molar refractivity (Wildman–Crippen MR) is 46.5 cm³/mol. The van der Waals surface area contributed by atoms with Crippen molar-refractivity contribution in [3.05, 3.63) is 40.4 Å². The number of rotatable bonds is 1. The number of fused-ring (bicyclic) bond motifs is 1. The van der Waals surface area contributed by atoms with E-state index in [1.807, 2.05) is 0 Å². The van der Waals surface area contributed by atoms with Gasteiger partial charge in [0.05, 0.1) is 5.56 Å². The van der Waals surface area contributed by atoms with E-state index in [-0.39, 0.29) is 0 Å². The van der Waals surface area contributed by atoms with Gasteiger partial charge in [0.2, 0.25) is 0 Å². The van der Waals surface area contributed by atoms with E-state index >= 15 is 0 Å². The average molecular weight is 320 g/mol. The van der Waals surface area contributed by atoms with Gasteiger partial charge in [0, 0.05) is 4.53 Å². The lowest BCUT2D eigenvalue weighted by Gasteiger charge is -2.26. The first-order valence-electron chi connectivity index (χ1n) is 4.79. The second-order valence-corrected chi connectivity index (χ2v) is 3.64. The van der Waals surface area contributed by atoms with Crippen LogP contribution in [-0.2, 0) is 20.6 Å². The van der Waals surface area contributed by atoms with E-state index in [4.69, 9.17) is 0 Å². The number of benzene rings is 1. The quantitative estimate of drug-likeness (QED) is 0.452. The number of hydrogen-bond donors (Lipinski definition) is 0. The maximum Gasteiger partial charge on any atom is 0.432 e. The molecule has 0 saturated carbocycles. The Morgan fingerprint density at radius 3 is 2.00 bits per heavy atom. The van der Waals surface area contributed by atoms with Gasteiger partial charge in [-0.3, -0.25) is 0 Å². The van der Waals surface area contributed by atoms with Crippen molar-refractivity contribution in [1.82, 2.24) is 0 Å². The lowest BCUT2D eigenvalue weighted by molar-refractivity contribution is -0.240. The Balaban J connectivity index is 2.96. The first-order valence-corrected chi connectivity index (χ1v) is 4.79. The van der Waals surface area contributed by atoms with Crippen LogP contribution in [0.25, 0.3) is 5.57 Å². The summed E-state index contributed by atoms with van der Waals surface area (Å²) in [6.07, 6.45) is -4.97. The fourth-order valence-corrected chi connectivity index (χ4v) is 1.67. The van der Waals surface area contributed by atoms with Crippen LogP contribution in [0.5, 0.6) is 0 Å². The van der Waals surface area contributed by atoms with Gasteiger partial charge in [-0.25, -0.2) is 27.3 Å². The molecular weight excluding hydrogens is 320 g/mol. The Morgan fingerprint density at radius 1 is 0.952 bits per heavy atom. The molecule has 1 aliphatic rings. The van der Waals surface area contributed by atoms with Crippen LogP contribution in [0.1, 0.15) is 11.1 Å². The van der Waals surface area contributed by atoms with Crippen LogP contribution in [0.3, 0.4) is 0 Å². The van der Waals surface area contributed by atoms with Gasteiger partial charge in [0.25, 0.3) is 6.01 Å². The SMILES string of the molecule is O=C(OF)C1=C(F)OC(F)(F)c2c(F)c(F)c(F)c(F)c21. The van der Waals surface area contributed by atoms with Crippen LogP contribution in [-0.4, -0.2) is 5.97 Å². The minimum absolute atomic E-state index is 1.99. The van der Waals surface area contributed by atoms with E-state index in [1.54, 1.807) is 0 Å². The molecule has 11 heteroatoms. The third kappa shape index (κ3) is 1.99. The standard InChI is InChI=1S/C10F8O3/c11-4-1-2(9(19)21-18)8(15)20-10(16,17)3(1)5(12)7(14)6(4)13. The Kier molecular flexibility index (Phi) is 3.30. The number of carbonyl (C=O) groups excluding carboxylic acids is 1. The van der Waals surface area contributed by atoms with Gasteiger partial charge in [-0.05, 0) is 0 Å². The molecular formula is C10F8O3. The van der Waals surface area contributed by atoms with Crippen molar-refractivity contribution in [2.75, 3.05) is 0 Å². The van der Waals surface area contributed by atoms with Gasteiger partial charge in [0.15, 0.2) is 23.3 Å². The van der Waals surface area contributed by atoms with Crippen molar-refractivity contribution in [1.29, 1.82) is 0 Å². The summed E-state index contributed by atoms with van der Waals surface area (Å²) in [7, 11) is 0. The number of ether oxygens (including phenoxy) is 1. The third-order valence-electron chi connectivity index (χ3n) is 2.50. The molecule has 0 bridgehead atoms. The van der Waals surface area contributed by atoms with Crippen molar-refractivity contribution in [3.8, 4) is 0 Å². The van der Waals surface area contributed by atoms with Crippen LogP contribution in [0.15, 0.2) is 6.01 Å². The molecule has 0 amide bonds. The van der Waals surface area contributed by atoms with Crippen molar-refractivity contribution in [2.24, 2.45) is 0 Å². The first-order chi connectivity index (χ1) is 9.63. The maximum atomic E-state index is 13.5. The summed E-state index contributed by atoms with van der Waals surface area (Å²) in [5, 5.41) is 0. The topological polar surface area (TPSA) is 35.5 Å². The first kappa shape index (κ1) is 15.1. The predicted octanol–water partition coefficient (Wildman–Crippen LogP) is 3.39. The number of carbonyl (C=O) groups is 1. The van der Waals surface area contributed by atoms with E-state index in [2.05, 4.69) is 9.68 Å². The van der Waals surface area contributed by atoms with Gasteiger partial charge in [-0.1, -0.05) is 0 Å². The van der Waals surface area contributed by atoms with Gasteiger partial charge in [-0.2, -0.15) is 13.2 Å². The molecule has 2 rings (SSSR count). The maximum absolute atomic E-state index is 13.5. The van der Waals surface area contributed by atoms with Crippen LogP contribution in [0, 0.1) is 23.3 Å². The van der Waals surface area contributed by atoms with E-state index in [0.717, 1.165) is 0 Å². The van der Waals surface area contributed by atoms with Crippen molar-refractivity contribution in [3.63, 3.8) is 0 Å². The van der Waals surface area contributed by atoms with Crippen molar-refractivity contribution >= 4 is 11.5 Å². The Morgan fingerprint density at radius 2 is 1.48 bits per heavy atom. The molecule has 1 aliphatic heterocycles. The second-order valence-electron chi connectivity index (χ2n) is 3.64. The van der Waals surface area contributed by atoms with Gasteiger partial charge in [-0.15, -0.1) is 0 Å². The van der Waals surface area contributed by atoms with Gasteiger partial charge < -0.3 is 4.74 Å². The molecule has 0 aliphatic carbocycles. The Labute approximate surface area is 109 Å². The largest absolute Gasteiger partial charge is 0.432 e. The molecule has 0 saturated heterocycles. The molecule has 3 nitrogen and oxygen atoms in total. The molecule has 0 aromatic heterocycles. The summed E-state index contributed by atoms with van der Waals surface area (Å²) in [4.78, 5) is 13.4. The van der Waals surface area contributed by atoms with Crippen molar-refractivity contribution < 1.29 is 49.7 Å². The Bertz CT molecular complexity index is 682. The zero-order chi connectivity index (χ0) is 16.1. The number of alkyl halides is 2. The summed E-state index contributed by atoms with van der Waals surface area (Å²) in [5.41, 5.74) is -6.34. The fraction of sp³-hybridized carbons (Fsp3) is 0.100. The highest BCUT2D eigenvalue weighted by Crippen LogP contribution is 2.47. The molecule has 0 radical (unpaired) electrons. The number of hydrogen-bond acceptors (Lipinski definition) is 3. The van der Waals surface area contributed by atoms with E-state index in [9.17, 15) is 40.1 Å². The minimum Gasteiger partial charge on any atom is -0.402 e. The molecule has 0 N–H and O–H groups in total. The van der Waals surface area contributed by atoms with Crippen LogP contribution < -0.4 is 0 Å². The molecule has 0 atom stereocenters. The summed E-state index contributed by atoms with van der Waals surface area (Å²) < 4.78 is 108. The molecule has 1 aromatic rings. The van der Waals surface area contributed by atoms with Gasteiger partial charge in [0.1, 0.15) is 11.1 Å². The average Bonchev–Trinajstić information content (AvgIpc) is 2.40. The Hall–Kier alpha value is -2.33. The lowest BCUT2D eigenvalue weighted by Crippen LogP contribution is -2.29. The molecule has 0 spiro atoms. The molecule has 114 valence electrons. The zero-order valence-electron chi connectivity index (χ0n) is 9.25. The van der Waals surface area contributed by atoms with Crippen molar-refractivity contribution in [2.45, 2.75) is 6.11 Å². The highest BCUT2D eigenvalue weighted by Gasteiger charge is 2.51. The van der Waals surface area contributed by atoms with E-state index in [1.165, 1.54) is 0 Å². The van der Waals surface area contributed by atoms with Crippen LogP contribution in [0.4, 0.5) is 35.3 Å². The van der Waals surface area contributed by atoms with Crippen LogP contribution >= 0.6 is 0 Å². The molecule has 1 aromatic carbocycles.